The van der Waals surface area contributed by atoms with Crippen molar-refractivity contribution in [3.8, 4) is 0 Å². The minimum Gasteiger partial charge on any atom is -0.466 e. The molecule has 10 heavy (non-hydrogen) atoms. The number of hydrogen-bond acceptors (Lipinski definition) is 2. The second kappa shape index (κ2) is 5.14. The first-order valence-electron chi connectivity index (χ1n) is 3.10. The zero-order valence-corrected chi connectivity index (χ0v) is 5.77. The summed E-state index contributed by atoms with van der Waals surface area (Å²) in [5.41, 5.74) is 0. The van der Waals surface area contributed by atoms with E-state index in [2.05, 4.69) is 4.74 Å². The quantitative estimate of drug-likeness (QED) is 0.572. The van der Waals surface area contributed by atoms with Crippen LogP contribution in [-0.4, -0.2) is 19.0 Å². The van der Waals surface area contributed by atoms with Gasteiger partial charge in [0.15, 0.2) is 0 Å². The van der Waals surface area contributed by atoms with Crippen LogP contribution in [0.5, 0.6) is 0 Å². The lowest BCUT2D eigenvalue weighted by molar-refractivity contribution is -0.143. The third-order valence-electron chi connectivity index (χ3n) is 0.872. The molecule has 0 aromatic heterocycles. The monoisotopic (exact) mass is 152 g/mol. The van der Waals surface area contributed by atoms with Crippen molar-refractivity contribution in [1.29, 1.82) is 0 Å². The van der Waals surface area contributed by atoms with Gasteiger partial charge in [0.1, 0.15) is 0 Å². The van der Waals surface area contributed by atoms with Gasteiger partial charge >= 0.3 is 5.97 Å². The Hall–Kier alpha value is -0.670. The van der Waals surface area contributed by atoms with E-state index in [0.717, 1.165) is 0 Å². The fourth-order valence-electron chi connectivity index (χ4n) is 0.460. The first-order valence-corrected chi connectivity index (χ1v) is 3.10. The molecule has 0 saturated heterocycles. The zero-order valence-electron chi connectivity index (χ0n) is 5.77. The molecule has 0 aromatic carbocycles. The minimum atomic E-state index is -2.41. The van der Waals surface area contributed by atoms with E-state index in [-0.39, 0.29) is 13.0 Å². The third kappa shape index (κ3) is 5.47. The molecule has 0 aliphatic carbocycles. The molecule has 0 amide bonds. The fourth-order valence-corrected chi connectivity index (χ4v) is 0.460. The van der Waals surface area contributed by atoms with Crippen LogP contribution in [0.4, 0.5) is 8.78 Å². The lowest BCUT2D eigenvalue weighted by atomic mass is 10.3. The van der Waals surface area contributed by atoms with Crippen LogP contribution < -0.4 is 0 Å². The van der Waals surface area contributed by atoms with E-state index in [4.69, 9.17) is 0 Å². The third-order valence-corrected chi connectivity index (χ3v) is 0.872. The van der Waals surface area contributed by atoms with Crippen molar-refractivity contribution in [2.75, 3.05) is 6.61 Å². The van der Waals surface area contributed by atoms with Crippen molar-refractivity contribution < 1.29 is 18.3 Å². The molecular weight excluding hydrogens is 142 g/mol. The SMILES string of the molecule is CCOC(=O)CCC(F)F. The topological polar surface area (TPSA) is 26.3 Å². The largest absolute Gasteiger partial charge is 0.466 e. The molecule has 4 heteroatoms. The van der Waals surface area contributed by atoms with Gasteiger partial charge in [-0.15, -0.1) is 0 Å². The van der Waals surface area contributed by atoms with Crippen LogP contribution in [0.1, 0.15) is 19.8 Å². The number of esters is 1. The summed E-state index contributed by atoms with van der Waals surface area (Å²) in [4.78, 5) is 10.4. The van der Waals surface area contributed by atoms with E-state index < -0.39 is 18.8 Å². The van der Waals surface area contributed by atoms with Crippen molar-refractivity contribution in [2.45, 2.75) is 26.2 Å². The van der Waals surface area contributed by atoms with E-state index in [1.54, 1.807) is 6.92 Å². The average Bonchev–Trinajstić information content (AvgIpc) is 1.85. The second-order valence-corrected chi connectivity index (χ2v) is 1.73. The smallest absolute Gasteiger partial charge is 0.305 e. The summed E-state index contributed by atoms with van der Waals surface area (Å²) in [6.45, 7) is 1.89. The lowest BCUT2D eigenvalue weighted by Gasteiger charge is -1.99. The van der Waals surface area contributed by atoms with Crippen LogP contribution in [0.25, 0.3) is 0 Å². The fraction of sp³-hybridized carbons (Fsp3) is 0.833. The van der Waals surface area contributed by atoms with Crippen LogP contribution in [-0.2, 0) is 9.53 Å². The molecule has 60 valence electrons. The van der Waals surface area contributed by atoms with Gasteiger partial charge < -0.3 is 4.74 Å². The van der Waals surface area contributed by atoms with Crippen LogP contribution in [0, 0.1) is 0 Å². The molecule has 0 atom stereocenters. The van der Waals surface area contributed by atoms with Gasteiger partial charge in [-0.1, -0.05) is 0 Å². The zero-order chi connectivity index (χ0) is 7.98. The van der Waals surface area contributed by atoms with E-state index in [1.165, 1.54) is 0 Å². The van der Waals surface area contributed by atoms with E-state index in [1.807, 2.05) is 0 Å². The highest BCUT2D eigenvalue weighted by atomic mass is 19.3. The van der Waals surface area contributed by atoms with Crippen molar-refractivity contribution in [1.82, 2.24) is 0 Å². The molecule has 0 heterocycles. The maximum Gasteiger partial charge on any atom is 0.305 e. The number of carbonyl (C=O) groups is 1. The Morgan fingerprint density at radius 3 is 2.60 bits per heavy atom. The standard InChI is InChI=1S/C6H10F2O2/c1-2-10-6(9)4-3-5(7)8/h5H,2-4H2,1H3. The molecule has 0 saturated carbocycles. The molecule has 0 aliphatic rings. The maximum absolute atomic E-state index is 11.4. The molecule has 2 nitrogen and oxygen atoms in total. The van der Waals surface area contributed by atoms with Crippen LogP contribution in [0.15, 0.2) is 0 Å². The maximum atomic E-state index is 11.4. The van der Waals surface area contributed by atoms with Gasteiger partial charge in [0.2, 0.25) is 6.43 Å². The Kier molecular flexibility index (Phi) is 4.80. The second-order valence-electron chi connectivity index (χ2n) is 1.73. The van der Waals surface area contributed by atoms with Crippen LogP contribution >= 0.6 is 0 Å². The highest BCUT2D eigenvalue weighted by molar-refractivity contribution is 5.69. The Morgan fingerprint density at radius 2 is 2.20 bits per heavy atom. The Bertz CT molecular complexity index is 104. The number of alkyl halides is 2. The van der Waals surface area contributed by atoms with Gasteiger partial charge in [-0.05, 0) is 6.92 Å². The van der Waals surface area contributed by atoms with E-state index in [9.17, 15) is 13.6 Å². The van der Waals surface area contributed by atoms with Gasteiger partial charge in [0.05, 0.1) is 13.0 Å². The highest BCUT2D eigenvalue weighted by Gasteiger charge is 2.07. The van der Waals surface area contributed by atoms with Gasteiger partial charge in [-0.2, -0.15) is 0 Å². The molecule has 0 radical (unpaired) electrons. The molecule has 0 fully saturated rings. The summed E-state index contributed by atoms with van der Waals surface area (Å²) in [5.74, 6) is -0.553. The van der Waals surface area contributed by atoms with Crippen molar-refractivity contribution >= 4 is 5.97 Å². The van der Waals surface area contributed by atoms with Gasteiger partial charge in [-0.3, -0.25) is 4.79 Å². The number of ether oxygens (including phenoxy) is 1. The number of halogens is 2. The first-order chi connectivity index (χ1) is 4.66. The molecule has 0 N–H and O–H groups in total. The first kappa shape index (κ1) is 9.33. The summed E-state index contributed by atoms with van der Waals surface area (Å²) < 4.78 is 27.3. The molecule has 0 unspecified atom stereocenters. The Labute approximate surface area is 58.2 Å². The Balaban J connectivity index is 3.22. The van der Waals surface area contributed by atoms with Gasteiger partial charge in [0, 0.05) is 6.42 Å². The van der Waals surface area contributed by atoms with Gasteiger partial charge in [0.25, 0.3) is 0 Å². The molecular formula is C6H10F2O2. The summed E-state index contributed by atoms with van der Waals surface area (Å²) in [6, 6.07) is 0. The summed E-state index contributed by atoms with van der Waals surface area (Å²) in [7, 11) is 0. The van der Waals surface area contributed by atoms with Gasteiger partial charge in [-0.25, -0.2) is 8.78 Å². The van der Waals surface area contributed by atoms with E-state index >= 15 is 0 Å². The van der Waals surface area contributed by atoms with Crippen molar-refractivity contribution in [3.05, 3.63) is 0 Å². The molecule has 0 aromatic rings. The van der Waals surface area contributed by atoms with Crippen molar-refractivity contribution in [2.24, 2.45) is 0 Å². The molecule has 0 bridgehead atoms. The minimum absolute atomic E-state index is 0.189. The number of carbonyl (C=O) groups excluding carboxylic acids is 1. The lowest BCUT2D eigenvalue weighted by Crippen LogP contribution is -2.05. The number of hydrogen-bond donors (Lipinski definition) is 0. The van der Waals surface area contributed by atoms with E-state index in [0.29, 0.717) is 0 Å². The van der Waals surface area contributed by atoms with Crippen LogP contribution in [0.3, 0.4) is 0 Å². The predicted octanol–water partition coefficient (Wildman–Crippen LogP) is 1.59. The normalized spacial score (nSPS) is 10.0. The Morgan fingerprint density at radius 1 is 1.60 bits per heavy atom. The highest BCUT2D eigenvalue weighted by Crippen LogP contribution is 2.03. The predicted molar refractivity (Wildman–Crippen MR) is 31.9 cm³/mol. The van der Waals surface area contributed by atoms with Crippen LogP contribution in [0.2, 0.25) is 0 Å². The van der Waals surface area contributed by atoms with Crippen molar-refractivity contribution in [3.63, 3.8) is 0 Å². The summed E-state index contributed by atoms with van der Waals surface area (Å²) in [5, 5.41) is 0. The molecule has 0 aliphatic heterocycles. The average molecular weight is 152 g/mol. The summed E-state index contributed by atoms with van der Waals surface area (Å²) in [6.07, 6.45) is -3.01. The number of rotatable bonds is 4. The summed E-state index contributed by atoms with van der Waals surface area (Å²) >= 11 is 0. The molecule has 0 rings (SSSR count). The molecule has 0 spiro atoms.